The third-order valence-electron chi connectivity index (χ3n) is 6.96. The number of rotatable bonds is 4. The van der Waals surface area contributed by atoms with Crippen LogP contribution in [-0.4, -0.2) is 41.1 Å². The van der Waals surface area contributed by atoms with Crippen LogP contribution in [0.25, 0.3) is 0 Å². The summed E-state index contributed by atoms with van der Waals surface area (Å²) in [4.78, 5) is 54.6. The van der Waals surface area contributed by atoms with Gasteiger partial charge >= 0.3 is 0 Å². The normalized spacial score (nSPS) is 20.8. The van der Waals surface area contributed by atoms with E-state index in [2.05, 4.69) is 5.32 Å². The Bertz CT molecular complexity index is 1090. The third-order valence-corrected chi connectivity index (χ3v) is 6.96. The number of hydrogen-bond acceptors (Lipinski definition) is 4. The fourth-order valence-electron chi connectivity index (χ4n) is 5.26. The Balaban J connectivity index is 1.31. The molecule has 2 aliphatic heterocycles. The topological polar surface area (TPSA) is 86.8 Å². The van der Waals surface area contributed by atoms with E-state index in [1.54, 1.807) is 53.4 Å². The van der Waals surface area contributed by atoms with E-state index in [1.807, 2.05) is 0 Å². The fourth-order valence-corrected chi connectivity index (χ4v) is 5.26. The molecule has 4 amide bonds. The standard InChI is InChI=1S/C26H27N3O4/c30-23(22-14-7-15-28(22)24(31)17-8-2-1-3-9-17)27-18-10-6-11-19(16-18)29-25(32)20-12-4-5-13-21(20)26(29)33/h4-6,10-13,16-17,22H,1-3,7-9,14-15H2,(H,27,30). The zero-order valence-electron chi connectivity index (χ0n) is 18.5. The second-order valence-electron chi connectivity index (χ2n) is 9.06. The van der Waals surface area contributed by atoms with Crippen LogP contribution in [-0.2, 0) is 9.59 Å². The van der Waals surface area contributed by atoms with E-state index in [1.165, 1.54) is 6.42 Å². The lowest BCUT2D eigenvalue weighted by Gasteiger charge is -2.30. The summed E-state index contributed by atoms with van der Waals surface area (Å²) in [5.74, 6) is -0.842. The number of hydrogen-bond donors (Lipinski definition) is 1. The van der Waals surface area contributed by atoms with Crippen LogP contribution in [0.4, 0.5) is 11.4 Å². The number of likely N-dealkylation sites (tertiary alicyclic amines) is 1. The van der Waals surface area contributed by atoms with Gasteiger partial charge in [0.05, 0.1) is 16.8 Å². The molecule has 1 unspecified atom stereocenters. The Morgan fingerprint density at radius 3 is 2.21 bits per heavy atom. The first-order valence-corrected chi connectivity index (χ1v) is 11.7. The summed E-state index contributed by atoms with van der Waals surface area (Å²) in [6, 6.07) is 13.0. The molecule has 0 spiro atoms. The molecular formula is C26H27N3O4. The summed E-state index contributed by atoms with van der Waals surface area (Å²) in [7, 11) is 0. The zero-order chi connectivity index (χ0) is 22.9. The number of anilines is 2. The molecule has 2 aromatic rings. The van der Waals surface area contributed by atoms with E-state index in [4.69, 9.17) is 0 Å². The van der Waals surface area contributed by atoms with Crippen molar-refractivity contribution < 1.29 is 19.2 Å². The Morgan fingerprint density at radius 2 is 1.52 bits per heavy atom. The fraction of sp³-hybridized carbons (Fsp3) is 0.385. The lowest BCUT2D eigenvalue weighted by molar-refractivity contribution is -0.141. The van der Waals surface area contributed by atoms with Gasteiger partial charge in [-0.2, -0.15) is 0 Å². The van der Waals surface area contributed by atoms with Gasteiger partial charge in [-0.15, -0.1) is 0 Å². The Labute approximate surface area is 192 Å². The maximum absolute atomic E-state index is 13.1. The summed E-state index contributed by atoms with van der Waals surface area (Å²) in [5, 5.41) is 2.90. The molecule has 33 heavy (non-hydrogen) atoms. The lowest BCUT2D eigenvalue weighted by atomic mass is 9.88. The summed E-state index contributed by atoms with van der Waals surface area (Å²) in [6.07, 6.45) is 6.60. The van der Waals surface area contributed by atoms with Crippen molar-refractivity contribution in [3.63, 3.8) is 0 Å². The van der Waals surface area contributed by atoms with Crippen LogP contribution < -0.4 is 10.2 Å². The molecule has 1 saturated carbocycles. The van der Waals surface area contributed by atoms with Crippen LogP contribution in [0, 0.1) is 5.92 Å². The second kappa shape index (κ2) is 8.81. The molecule has 1 saturated heterocycles. The molecule has 1 aliphatic carbocycles. The minimum atomic E-state index is -0.484. The molecule has 2 heterocycles. The van der Waals surface area contributed by atoms with Gasteiger partial charge < -0.3 is 10.2 Å². The molecule has 5 rings (SSSR count). The first-order valence-electron chi connectivity index (χ1n) is 11.7. The molecule has 3 aliphatic rings. The highest BCUT2D eigenvalue weighted by Gasteiger charge is 2.38. The number of carbonyl (C=O) groups is 4. The summed E-state index contributed by atoms with van der Waals surface area (Å²) in [6.45, 7) is 0.614. The van der Waals surface area contributed by atoms with Crippen molar-refractivity contribution in [3.8, 4) is 0 Å². The molecule has 170 valence electrons. The number of imide groups is 1. The van der Waals surface area contributed by atoms with Crippen molar-refractivity contribution in [3.05, 3.63) is 59.7 Å². The van der Waals surface area contributed by atoms with E-state index >= 15 is 0 Å². The average Bonchev–Trinajstić information content (AvgIpc) is 3.43. The molecule has 7 nitrogen and oxygen atoms in total. The lowest BCUT2D eigenvalue weighted by Crippen LogP contribution is -2.46. The third kappa shape index (κ3) is 3.92. The van der Waals surface area contributed by atoms with Gasteiger partial charge in [-0.25, -0.2) is 4.90 Å². The predicted molar refractivity (Wildman–Crippen MR) is 124 cm³/mol. The smallest absolute Gasteiger partial charge is 0.266 e. The summed E-state index contributed by atoms with van der Waals surface area (Å²) in [5.41, 5.74) is 1.64. The SMILES string of the molecule is O=C(Nc1cccc(N2C(=O)c3ccccc3C2=O)c1)C1CCCN1C(=O)C1CCCCC1. The molecular weight excluding hydrogens is 418 g/mol. The van der Waals surface area contributed by atoms with Crippen LogP contribution in [0.15, 0.2) is 48.5 Å². The van der Waals surface area contributed by atoms with E-state index in [0.29, 0.717) is 35.5 Å². The molecule has 0 radical (unpaired) electrons. The predicted octanol–water partition coefficient (Wildman–Crippen LogP) is 4.00. The van der Waals surface area contributed by atoms with Crippen molar-refractivity contribution in [1.82, 2.24) is 4.90 Å². The number of nitrogens with zero attached hydrogens (tertiary/aromatic N) is 2. The van der Waals surface area contributed by atoms with Crippen LogP contribution in [0.5, 0.6) is 0 Å². The van der Waals surface area contributed by atoms with Gasteiger partial charge in [0.15, 0.2) is 0 Å². The van der Waals surface area contributed by atoms with E-state index in [-0.39, 0.29) is 29.5 Å². The first kappa shape index (κ1) is 21.4. The van der Waals surface area contributed by atoms with Crippen molar-refractivity contribution in [2.45, 2.75) is 51.0 Å². The zero-order valence-corrected chi connectivity index (χ0v) is 18.5. The van der Waals surface area contributed by atoms with Gasteiger partial charge in [0, 0.05) is 18.2 Å². The molecule has 1 N–H and O–H groups in total. The average molecular weight is 446 g/mol. The van der Waals surface area contributed by atoms with Crippen LogP contribution in [0.1, 0.15) is 65.7 Å². The van der Waals surface area contributed by atoms with Gasteiger partial charge in [0.1, 0.15) is 6.04 Å². The number of nitrogens with one attached hydrogen (secondary N) is 1. The maximum atomic E-state index is 13.1. The number of amides is 4. The van der Waals surface area contributed by atoms with Gasteiger partial charge in [-0.3, -0.25) is 19.2 Å². The van der Waals surface area contributed by atoms with Gasteiger partial charge in [0.2, 0.25) is 11.8 Å². The molecule has 2 fully saturated rings. The molecule has 7 heteroatoms. The monoisotopic (exact) mass is 445 g/mol. The maximum Gasteiger partial charge on any atom is 0.266 e. The number of carbonyl (C=O) groups excluding carboxylic acids is 4. The minimum Gasteiger partial charge on any atom is -0.330 e. The van der Waals surface area contributed by atoms with Crippen molar-refractivity contribution in [1.29, 1.82) is 0 Å². The molecule has 2 aromatic carbocycles. The molecule has 0 aromatic heterocycles. The van der Waals surface area contributed by atoms with Gasteiger partial charge in [0.25, 0.3) is 11.8 Å². The van der Waals surface area contributed by atoms with E-state index < -0.39 is 6.04 Å². The van der Waals surface area contributed by atoms with Crippen LogP contribution in [0.2, 0.25) is 0 Å². The van der Waals surface area contributed by atoms with Gasteiger partial charge in [-0.05, 0) is 56.0 Å². The van der Waals surface area contributed by atoms with Crippen LogP contribution >= 0.6 is 0 Å². The van der Waals surface area contributed by atoms with Crippen molar-refractivity contribution in [2.24, 2.45) is 5.92 Å². The van der Waals surface area contributed by atoms with E-state index in [9.17, 15) is 19.2 Å². The minimum absolute atomic E-state index is 0.0318. The quantitative estimate of drug-likeness (QED) is 0.721. The van der Waals surface area contributed by atoms with Gasteiger partial charge in [-0.1, -0.05) is 37.5 Å². The summed E-state index contributed by atoms with van der Waals surface area (Å²) >= 11 is 0. The number of benzene rings is 2. The highest BCUT2D eigenvalue weighted by Crippen LogP contribution is 2.31. The van der Waals surface area contributed by atoms with Crippen LogP contribution in [0.3, 0.4) is 0 Å². The highest BCUT2D eigenvalue weighted by molar-refractivity contribution is 6.34. The highest BCUT2D eigenvalue weighted by atomic mass is 16.2. The number of fused-ring (bicyclic) bond motifs is 1. The van der Waals surface area contributed by atoms with E-state index in [0.717, 1.165) is 37.0 Å². The largest absolute Gasteiger partial charge is 0.330 e. The summed E-state index contributed by atoms with van der Waals surface area (Å²) < 4.78 is 0. The Morgan fingerprint density at radius 1 is 0.818 bits per heavy atom. The second-order valence-corrected chi connectivity index (χ2v) is 9.06. The first-order chi connectivity index (χ1) is 16.0. The van der Waals surface area contributed by atoms with Crippen molar-refractivity contribution >= 4 is 35.0 Å². The van der Waals surface area contributed by atoms with Crippen molar-refractivity contribution in [2.75, 3.05) is 16.8 Å². The Hall–Kier alpha value is -3.48. The Kier molecular flexibility index (Phi) is 5.70. The molecule has 0 bridgehead atoms. The molecule has 1 atom stereocenters.